The number of carboxylic acids is 1. The number of hydrogen-bond donors (Lipinski definition) is 2. The monoisotopic (exact) mass is 492 g/mol. The molecule has 0 radical (unpaired) electrons. The van der Waals surface area contributed by atoms with Crippen LogP contribution in [0, 0.1) is 5.82 Å². The van der Waals surface area contributed by atoms with E-state index in [0.717, 1.165) is 57.9 Å². The molecule has 0 aliphatic carbocycles. The highest BCUT2D eigenvalue weighted by molar-refractivity contribution is 7.22. The Morgan fingerprint density at radius 1 is 1.33 bits per heavy atom. The third-order valence-electron chi connectivity index (χ3n) is 4.75. The van der Waals surface area contributed by atoms with Crippen LogP contribution in [0.2, 0.25) is 4.34 Å². The van der Waals surface area contributed by atoms with Crippen molar-refractivity contribution in [2.24, 2.45) is 0 Å². The molecular weight excluding hydrogens is 471 g/mol. The molecule has 174 valence electrons. The summed E-state index contributed by atoms with van der Waals surface area (Å²) in [6.07, 6.45) is 4.65. The Bertz CT molecular complexity index is 1110. The lowest BCUT2D eigenvalue weighted by atomic mass is 10.0. The Balaban J connectivity index is 0.000000420. The van der Waals surface area contributed by atoms with Gasteiger partial charge in [-0.25, -0.2) is 19.2 Å². The summed E-state index contributed by atoms with van der Waals surface area (Å²) < 4.78 is 14.5. The summed E-state index contributed by atoms with van der Waals surface area (Å²) in [4.78, 5) is 37.3. The largest absolute Gasteiger partial charge is 0.478 e. The molecule has 0 amide bonds. The Morgan fingerprint density at radius 2 is 1.97 bits per heavy atom. The molecule has 1 aliphatic heterocycles. The van der Waals surface area contributed by atoms with E-state index >= 15 is 0 Å². The van der Waals surface area contributed by atoms with Crippen LogP contribution in [0.15, 0.2) is 49.3 Å². The second kappa shape index (κ2) is 13.4. The van der Waals surface area contributed by atoms with Gasteiger partial charge in [-0.3, -0.25) is 4.90 Å². The average Bonchev–Trinajstić information content (AvgIpc) is 3.19. The molecule has 2 aromatic heterocycles. The van der Waals surface area contributed by atoms with Gasteiger partial charge in [0.15, 0.2) is 0 Å². The van der Waals surface area contributed by atoms with Gasteiger partial charge in [-0.05, 0) is 25.0 Å². The maximum absolute atomic E-state index is 13.8. The number of fused-ring (bicyclic) bond motifs is 1. The Hall–Kier alpha value is -3.17. The van der Waals surface area contributed by atoms with Crippen molar-refractivity contribution in [2.75, 3.05) is 18.4 Å². The third kappa shape index (κ3) is 8.36. The molecule has 2 N–H and O–H groups in total. The molecule has 3 heterocycles. The highest BCUT2D eigenvalue weighted by atomic mass is 35.5. The second-order valence-corrected chi connectivity index (χ2v) is 8.57. The van der Waals surface area contributed by atoms with E-state index in [1.165, 1.54) is 17.4 Å². The van der Waals surface area contributed by atoms with Crippen LogP contribution in [0.4, 0.5) is 10.2 Å². The van der Waals surface area contributed by atoms with Crippen LogP contribution >= 0.6 is 22.9 Å². The Labute approximate surface area is 198 Å². The van der Waals surface area contributed by atoms with E-state index in [9.17, 15) is 9.18 Å². The summed E-state index contributed by atoms with van der Waals surface area (Å²) in [5.74, 6) is -0.258. The molecule has 0 atom stereocenters. The molecule has 0 saturated carbocycles. The smallest absolute Gasteiger partial charge is 0.373 e. The first-order valence-electron chi connectivity index (χ1n) is 9.84. The summed E-state index contributed by atoms with van der Waals surface area (Å²) in [5.41, 5.74) is 0.763. The number of likely N-dealkylation sites (tertiary alicyclic amines) is 1. The molecule has 3 aromatic rings. The van der Waals surface area contributed by atoms with Gasteiger partial charge in [0.05, 0.1) is 9.72 Å². The van der Waals surface area contributed by atoms with E-state index in [4.69, 9.17) is 26.3 Å². The van der Waals surface area contributed by atoms with Crippen molar-refractivity contribution in [2.45, 2.75) is 25.4 Å². The minimum Gasteiger partial charge on any atom is -0.478 e. The fourth-order valence-corrected chi connectivity index (χ4v) is 4.29. The van der Waals surface area contributed by atoms with Gasteiger partial charge < -0.3 is 10.4 Å². The predicted octanol–water partition coefficient (Wildman–Crippen LogP) is 4.23. The molecule has 4 rings (SSSR count). The van der Waals surface area contributed by atoms with Crippen LogP contribution in [0.25, 0.3) is 10.2 Å². The van der Waals surface area contributed by atoms with Gasteiger partial charge in [-0.15, -0.1) is 11.3 Å². The highest BCUT2D eigenvalue weighted by Gasteiger charge is 2.21. The van der Waals surface area contributed by atoms with E-state index in [0.29, 0.717) is 12.6 Å². The number of aromatic nitrogens is 2. The number of carbonyl (C=O) groups excluding carboxylic acids is 2. The number of piperidine rings is 1. The van der Waals surface area contributed by atoms with Crippen molar-refractivity contribution < 1.29 is 23.9 Å². The molecule has 11 heteroatoms. The molecule has 33 heavy (non-hydrogen) atoms. The maximum atomic E-state index is 13.8. The SMILES string of the molecule is C=CC(=O)O.Fc1ccccc1CN1CCC(Nc2ncnc3sc(Cl)cc23)CC1.O=C=O. The number of aliphatic carboxylic acids is 1. The van der Waals surface area contributed by atoms with E-state index in [-0.39, 0.29) is 12.0 Å². The highest BCUT2D eigenvalue weighted by Crippen LogP contribution is 2.32. The van der Waals surface area contributed by atoms with Crippen LogP contribution in [0.5, 0.6) is 0 Å². The van der Waals surface area contributed by atoms with Gasteiger partial charge in [0.25, 0.3) is 0 Å². The van der Waals surface area contributed by atoms with Crippen molar-refractivity contribution >= 4 is 51.1 Å². The standard InChI is InChI=1S/C18H18ClFN4S.C3H4O2.CO2/c19-16-9-14-17(21-11-22-18(14)25-16)23-13-5-7-24(8-6-13)10-12-3-1-2-4-15(12)20;1-2-3(4)5;2-1-3/h1-4,9,11,13H,5-8,10H2,(H,21,22,23);2H,1H2,(H,4,5);. The second-order valence-electron chi connectivity index (χ2n) is 6.90. The van der Waals surface area contributed by atoms with Gasteiger partial charge in [0.2, 0.25) is 0 Å². The van der Waals surface area contributed by atoms with Gasteiger partial charge in [-0.1, -0.05) is 36.4 Å². The number of nitrogens with one attached hydrogen (secondary N) is 1. The van der Waals surface area contributed by atoms with Crippen LogP contribution in [-0.2, 0) is 20.9 Å². The number of benzene rings is 1. The minimum absolute atomic E-state index is 0.125. The summed E-state index contributed by atoms with van der Waals surface area (Å²) in [6.45, 7) is 5.49. The van der Waals surface area contributed by atoms with Crippen LogP contribution in [0.3, 0.4) is 0 Å². The molecular formula is C22H22ClFN4O4S. The lowest BCUT2D eigenvalue weighted by molar-refractivity contribution is -0.191. The average molecular weight is 493 g/mol. The van der Waals surface area contributed by atoms with Crippen LogP contribution in [0.1, 0.15) is 18.4 Å². The molecule has 0 spiro atoms. The topological polar surface area (TPSA) is 112 Å². The first-order valence-corrected chi connectivity index (χ1v) is 11.0. The van der Waals surface area contributed by atoms with E-state index in [2.05, 4.69) is 26.8 Å². The van der Waals surface area contributed by atoms with Gasteiger partial charge in [0.1, 0.15) is 22.8 Å². The molecule has 1 fully saturated rings. The fourth-order valence-electron chi connectivity index (χ4n) is 3.24. The number of nitrogens with zero attached hydrogens (tertiary/aromatic N) is 3. The van der Waals surface area contributed by atoms with E-state index in [1.54, 1.807) is 12.4 Å². The number of carbonyl (C=O) groups is 1. The van der Waals surface area contributed by atoms with Gasteiger partial charge in [-0.2, -0.15) is 9.59 Å². The number of halogens is 2. The first-order chi connectivity index (χ1) is 15.9. The zero-order chi connectivity index (χ0) is 24.2. The summed E-state index contributed by atoms with van der Waals surface area (Å²) in [6, 6.07) is 9.27. The zero-order valence-electron chi connectivity index (χ0n) is 17.5. The van der Waals surface area contributed by atoms with Crippen LogP contribution < -0.4 is 5.32 Å². The fraction of sp³-hybridized carbons (Fsp3) is 0.273. The quantitative estimate of drug-likeness (QED) is 0.509. The lowest BCUT2D eigenvalue weighted by Crippen LogP contribution is -2.39. The van der Waals surface area contributed by atoms with Crippen molar-refractivity contribution in [3.63, 3.8) is 0 Å². The predicted molar refractivity (Wildman–Crippen MR) is 124 cm³/mol. The minimum atomic E-state index is -0.981. The van der Waals surface area contributed by atoms with Crippen molar-refractivity contribution in [1.82, 2.24) is 14.9 Å². The number of hydrogen-bond acceptors (Lipinski definition) is 8. The maximum Gasteiger partial charge on any atom is 0.373 e. The number of anilines is 1. The Morgan fingerprint density at radius 3 is 2.58 bits per heavy atom. The number of carboxylic acid groups (broad SMARTS) is 1. The number of thiophene rings is 1. The summed E-state index contributed by atoms with van der Waals surface area (Å²) in [7, 11) is 0. The van der Waals surface area contributed by atoms with E-state index < -0.39 is 5.97 Å². The summed E-state index contributed by atoms with van der Waals surface area (Å²) in [5, 5.41) is 12.1. The van der Waals surface area contributed by atoms with E-state index in [1.807, 2.05) is 18.2 Å². The lowest BCUT2D eigenvalue weighted by Gasteiger charge is -2.32. The normalized spacial score (nSPS) is 13.6. The van der Waals surface area contributed by atoms with Crippen molar-refractivity contribution in [3.05, 3.63) is 65.0 Å². The Kier molecular flexibility index (Phi) is 10.6. The molecule has 1 saturated heterocycles. The van der Waals surface area contributed by atoms with Gasteiger partial charge in [0, 0.05) is 37.3 Å². The zero-order valence-corrected chi connectivity index (χ0v) is 19.1. The van der Waals surface area contributed by atoms with Crippen LogP contribution in [-0.4, -0.2) is 51.2 Å². The number of rotatable bonds is 5. The van der Waals surface area contributed by atoms with Gasteiger partial charge >= 0.3 is 12.1 Å². The third-order valence-corrected chi connectivity index (χ3v) is 5.93. The molecule has 8 nitrogen and oxygen atoms in total. The molecule has 1 aliphatic rings. The molecule has 1 aromatic carbocycles. The van der Waals surface area contributed by atoms with Crippen molar-refractivity contribution in [1.29, 1.82) is 0 Å². The first kappa shape index (κ1) is 26.1. The molecule has 0 bridgehead atoms. The van der Waals surface area contributed by atoms with Crippen molar-refractivity contribution in [3.8, 4) is 0 Å². The summed E-state index contributed by atoms with van der Waals surface area (Å²) >= 11 is 7.55. The molecule has 0 unspecified atom stereocenters.